The molecule has 1 amide bonds. The van der Waals surface area contributed by atoms with Crippen LogP contribution in [0.2, 0.25) is 0 Å². The van der Waals surface area contributed by atoms with Gasteiger partial charge in [0.2, 0.25) is 0 Å². The van der Waals surface area contributed by atoms with Crippen LogP contribution in [-0.2, 0) is 10.1 Å². The zero-order valence-electron chi connectivity index (χ0n) is 12.4. The molecule has 25 heavy (non-hydrogen) atoms. The molecule has 0 saturated heterocycles. The fourth-order valence-corrected chi connectivity index (χ4v) is 2.67. The van der Waals surface area contributed by atoms with Crippen LogP contribution in [-0.4, -0.2) is 27.0 Å². The van der Waals surface area contributed by atoms with E-state index < -0.39 is 34.6 Å². The maximum atomic E-state index is 13.0. The van der Waals surface area contributed by atoms with Gasteiger partial charge in [-0.15, -0.1) is 0 Å². The van der Waals surface area contributed by atoms with Gasteiger partial charge in [0.25, 0.3) is 5.91 Å². The average Bonchev–Trinajstić information content (AvgIpc) is 2.51. The van der Waals surface area contributed by atoms with Crippen molar-refractivity contribution in [1.29, 1.82) is 0 Å². The van der Waals surface area contributed by atoms with Crippen LogP contribution in [0.1, 0.15) is 10.4 Å². The third kappa shape index (κ3) is 5.45. The van der Waals surface area contributed by atoms with Gasteiger partial charge >= 0.3 is 16.3 Å². The second-order valence-corrected chi connectivity index (χ2v) is 6.36. The van der Waals surface area contributed by atoms with Gasteiger partial charge in [0.1, 0.15) is 23.0 Å². The number of carbonyl (C=O) groups is 1. The monoisotopic (exact) mass is 377 g/mol. The molecule has 1 N–H and O–H groups in total. The van der Waals surface area contributed by atoms with Crippen LogP contribution < -0.4 is 9.50 Å². The molecule has 0 aliphatic rings. The van der Waals surface area contributed by atoms with Crippen LogP contribution >= 0.6 is 0 Å². The van der Waals surface area contributed by atoms with Crippen LogP contribution in [0.4, 0.5) is 17.6 Å². The third-order valence-corrected chi connectivity index (χ3v) is 4.12. The summed E-state index contributed by atoms with van der Waals surface area (Å²) in [6.45, 7) is -1.51. The van der Waals surface area contributed by atoms with E-state index in [1.165, 1.54) is 12.1 Å². The van der Waals surface area contributed by atoms with Crippen LogP contribution in [0.5, 0.6) is 5.75 Å². The van der Waals surface area contributed by atoms with Gasteiger partial charge in [-0.3, -0.25) is 4.79 Å². The standard InChI is InChI=1S/C15H11F4NO4S/c16-11-2-1-3-12(8-11)24-25(22,23)13-6-4-10(5-7-13)14(21)20-9-15(17,18)19/h1-8H,9H2,(H,20,21). The fourth-order valence-electron chi connectivity index (χ4n) is 1.75. The SMILES string of the molecule is O=C(NCC(F)(F)F)c1ccc(S(=O)(=O)Oc2cccc(F)c2)cc1. The first kappa shape index (κ1) is 18.7. The Kier molecular flexibility index (Phi) is 5.31. The van der Waals surface area contributed by atoms with Crippen molar-refractivity contribution in [3.63, 3.8) is 0 Å². The average molecular weight is 377 g/mol. The first-order valence-electron chi connectivity index (χ1n) is 6.72. The van der Waals surface area contributed by atoms with Crippen molar-refractivity contribution in [1.82, 2.24) is 5.32 Å². The normalized spacial score (nSPS) is 11.8. The lowest BCUT2D eigenvalue weighted by atomic mass is 10.2. The Bertz CT molecular complexity index is 864. The smallest absolute Gasteiger partial charge is 0.379 e. The highest BCUT2D eigenvalue weighted by Gasteiger charge is 2.28. The van der Waals surface area contributed by atoms with E-state index in [-0.39, 0.29) is 16.2 Å². The number of hydrogen-bond acceptors (Lipinski definition) is 4. The highest BCUT2D eigenvalue weighted by Crippen LogP contribution is 2.20. The van der Waals surface area contributed by atoms with Crippen molar-refractivity contribution in [3.8, 4) is 5.75 Å². The van der Waals surface area contributed by atoms with E-state index in [2.05, 4.69) is 0 Å². The highest BCUT2D eigenvalue weighted by atomic mass is 32.2. The Hall–Kier alpha value is -2.62. The number of benzene rings is 2. The van der Waals surface area contributed by atoms with Gasteiger partial charge in [-0.2, -0.15) is 21.6 Å². The van der Waals surface area contributed by atoms with Crippen LogP contribution in [0, 0.1) is 5.82 Å². The summed E-state index contributed by atoms with van der Waals surface area (Å²) in [6.07, 6.45) is -4.56. The lowest BCUT2D eigenvalue weighted by Crippen LogP contribution is -2.33. The second kappa shape index (κ2) is 7.09. The molecular weight excluding hydrogens is 366 g/mol. The minimum Gasteiger partial charge on any atom is -0.379 e. The van der Waals surface area contributed by atoms with E-state index in [1.54, 1.807) is 5.32 Å². The molecule has 10 heteroatoms. The molecule has 0 unspecified atom stereocenters. The zero-order chi connectivity index (χ0) is 18.7. The molecule has 2 rings (SSSR count). The number of alkyl halides is 3. The summed E-state index contributed by atoms with van der Waals surface area (Å²) in [5, 5.41) is 1.66. The first-order valence-corrected chi connectivity index (χ1v) is 8.13. The van der Waals surface area contributed by atoms with Gasteiger partial charge < -0.3 is 9.50 Å². The molecule has 5 nitrogen and oxygen atoms in total. The van der Waals surface area contributed by atoms with E-state index >= 15 is 0 Å². The molecule has 0 spiro atoms. The number of halogens is 4. The number of amides is 1. The third-order valence-electron chi connectivity index (χ3n) is 2.86. The van der Waals surface area contributed by atoms with Crippen LogP contribution in [0.15, 0.2) is 53.4 Å². The number of hydrogen-bond donors (Lipinski definition) is 1. The van der Waals surface area contributed by atoms with Gasteiger partial charge in [0.15, 0.2) is 0 Å². The largest absolute Gasteiger partial charge is 0.405 e. The Balaban J connectivity index is 2.11. The van der Waals surface area contributed by atoms with Crippen LogP contribution in [0.25, 0.3) is 0 Å². The Morgan fingerprint density at radius 3 is 2.28 bits per heavy atom. The summed E-state index contributed by atoms with van der Waals surface area (Å²) >= 11 is 0. The molecule has 0 aliphatic carbocycles. The van der Waals surface area contributed by atoms with Crippen molar-refractivity contribution < 1.29 is 35.0 Å². The minimum atomic E-state index is -4.56. The predicted molar refractivity (Wildman–Crippen MR) is 79.0 cm³/mol. The topological polar surface area (TPSA) is 72.5 Å². The molecule has 0 heterocycles. The quantitative estimate of drug-likeness (QED) is 0.643. The fraction of sp³-hybridized carbons (Fsp3) is 0.133. The van der Waals surface area contributed by atoms with Crippen molar-refractivity contribution in [2.24, 2.45) is 0 Å². The molecule has 0 fully saturated rings. The van der Waals surface area contributed by atoms with Gasteiger partial charge in [0, 0.05) is 11.6 Å². The number of nitrogens with one attached hydrogen (secondary N) is 1. The van der Waals surface area contributed by atoms with Crippen molar-refractivity contribution in [2.45, 2.75) is 11.1 Å². The highest BCUT2D eigenvalue weighted by molar-refractivity contribution is 7.87. The Labute approximate surface area is 140 Å². The first-order chi connectivity index (χ1) is 11.6. The van der Waals surface area contributed by atoms with E-state index in [4.69, 9.17) is 4.18 Å². The number of rotatable bonds is 5. The van der Waals surface area contributed by atoms with E-state index in [0.717, 1.165) is 36.4 Å². The Morgan fingerprint density at radius 2 is 1.72 bits per heavy atom. The molecule has 0 atom stereocenters. The van der Waals surface area contributed by atoms with E-state index in [9.17, 15) is 30.8 Å². The Morgan fingerprint density at radius 1 is 1.08 bits per heavy atom. The lowest BCUT2D eigenvalue weighted by Gasteiger charge is -2.09. The molecule has 2 aromatic rings. The molecule has 0 bridgehead atoms. The lowest BCUT2D eigenvalue weighted by molar-refractivity contribution is -0.123. The maximum absolute atomic E-state index is 13.0. The summed E-state index contributed by atoms with van der Waals surface area (Å²) in [5.74, 6) is -1.94. The van der Waals surface area contributed by atoms with Crippen molar-refractivity contribution in [3.05, 3.63) is 59.9 Å². The van der Waals surface area contributed by atoms with Crippen LogP contribution in [0.3, 0.4) is 0 Å². The molecule has 0 aromatic heterocycles. The summed E-state index contributed by atoms with van der Waals surface area (Å²) in [7, 11) is -4.29. The maximum Gasteiger partial charge on any atom is 0.405 e. The summed E-state index contributed by atoms with van der Waals surface area (Å²) in [4.78, 5) is 11.2. The van der Waals surface area contributed by atoms with E-state index in [0.29, 0.717) is 0 Å². The van der Waals surface area contributed by atoms with Gasteiger partial charge in [-0.05, 0) is 36.4 Å². The molecule has 0 saturated carbocycles. The summed E-state index contributed by atoms with van der Waals surface area (Å²) < 4.78 is 78.1. The summed E-state index contributed by atoms with van der Waals surface area (Å²) in [6, 6.07) is 8.54. The molecule has 134 valence electrons. The minimum absolute atomic E-state index is 0.158. The summed E-state index contributed by atoms with van der Waals surface area (Å²) in [5.41, 5.74) is -0.158. The predicted octanol–water partition coefficient (Wildman–Crippen LogP) is 2.89. The van der Waals surface area contributed by atoms with Crippen molar-refractivity contribution >= 4 is 16.0 Å². The molecule has 2 aromatic carbocycles. The molecule has 0 aliphatic heterocycles. The van der Waals surface area contributed by atoms with Gasteiger partial charge in [0.05, 0.1) is 0 Å². The molecule has 0 radical (unpaired) electrons. The number of carbonyl (C=O) groups excluding carboxylic acids is 1. The van der Waals surface area contributed by atoms with E-state index in [1.807, 2.05) is 0 Å². The molecular formula is C15H11F4NO4S. The van der Waals surface area contributed by atoms with Gasteiger partial charge in [-0.25, -0.2) is 4.39 Å². The second-order valence-electron chi connectivity index (χ2n) is 4.82. The van der Waals surface area contributed by atoms with Crippen molar-refractivity contribution in [2.75, 3.05) is 6.54 Å². The zero-order valence-corrected chi connectivity index (χ0v) is 13.2. The van der Waals surface area contributed by atoms with Gasteiger partial charge in [-0.1, -0.05) is 6.07 Å².